The Morgan fingerprint density at radius 3 is 2.35 bits per heavy atom. The highest BCUT2D eigenvalue weighted by molar-refractivity contribution is 8.00. The van der Waals surface area contributed by atoms with Crippen LogP contribution < -0.4 is 0 Å². The Labute approximate surface area is 150 Å². The average Bonchev–Trinajstić information content (AvgIpc) is 3.01. The van der Waals surface area contributed by atoms with Gasteiger partial charge in [-0.1, -0.05) is 0 Å². The number of carbonyl (C=O) groups excluding carboxylic acids is 1. The third kappa shape index (κ3) is 3.76. The lowest BCUT2D eigenvalue weighted by Gasteiger charge is -2.28. The van der Waals surface area contributed by atoms with Gasteiger partial charge in [0.15, 0.2) is 5.41 Å². The van der Waals surface area contributed by atoms with Crippen molar-refractivity contribution in [2.45, 2.75) is 29.7 Å². The number of nitro groups is 1. The molecule has 2 atom stereocenters. The fourth-order valence-corrected chi connectivity index (χ4v) is 3.63. The van der Waals surface area contributed by atoms with Crippen LogP contribution in [0, 0.1) is 15.5 Å². The molecule has 2 rings (SSSR count). The summed E-state index contributed by atoms with van der Waals surface area (Å²) in [6.45, 7) is 0.272. The van der Waals surface area contributed by atoms with Crippen LogP contribution in [0.5, 0.6) is 0 Å². The van der Waals surface area contributed by atoms with Gasteiger partial charge in [-0.15, -0.1) is 11.8 Å². The van der Waals surface area contributed by atoms with Crippen molar-refractivity contribution in [1.29, 1.82) is 0 Å². The van der Waals surface area contributed by atoms with Crippen molar-refractivity contribution in [3.05, 3.63) is 34.4 Å². The molecular weight excluding hydrogens is 377 g/mol. The Bertz CT molecular complexity index is 725. The molecule has 11 heteroatoms. The second-order valence-electron chi connectivity index (χ2n) is 5.91. The summed E-state index contributed by atoms with van der Waals surface area (Å²) < 4.78 is 39.5. The van der Waals surface area contributed by atoms with Gasteiger partial charge in [0.25, 0.3) is 5.69 Å². The van der Waals surface area contributed by atoms with E-state index in [1.807, 2.05) is 0 Å². The van der Waals surface area contributed by atoms with Crippen molar-refractivity contribution in [2.24, 2.45) is 5.41 Å². The van der Waals surface area contributed by atoms with Crippen LogP contribution in [0.1, 0.15) is 13.3 Å². The highest BCUT2D eigenvalue weighted by Gasteiger charge is 2.64. The number of carboxylic acids is 1. The van der Waals surface area contributed by atoms with Gasteiger partial charge in [0, 0.05) is 30.1 Å². The number of likely N-dealkylation sites (tertiary alicyclic amines) is 1. The number of rotatable bonds is 5. The SMILES string of the molecule is CC(Sc1ccc([N+](=O)[O-])cc1)C(=O)N1CCC(C(=O)O)(C(F)(F)F)C1. The van der Waals surface area contributed by atoms with Crippen molar-refractivity contribution in [3.8, 4) is 0 Å². The Balaban J connectivity index is 2.07. The van der Waals surface area contributed by atoms with E-state index in [1.165, 1.54) is 31.2 Å². The van der Waals surface area contributed by atoms with E-state index in [9.17, 15) is 32.9 Å². The monoisotopic (exact) mass is 392 g/mol. The minimum atomic E-state index is -4.96. The number of hydrogen-bond acceptors (Lipinski definition) is 5. The molecule has 1 aromatic carbocycles. The first-order valence-electron chi connectivity index (χ1n) is 7.48. The second kappa shape index (κ2) is 7.14. The Morgan fingerprint density at radius 2 is 1.92 bits per heavy atom. The summed E-state index contributed by atoms with van der Waals surface area (Å²) in [5.41, 5.74) is -3.07. The first-order valence-corrected chi connectivity index (χ1v) is 8.36. The van der Waals surface area contributed by atoms with Crippen LogP contribution in [0.2, 0.25) is 0 Å². The maximum absolute atomic E-state index is 13.2. The average molecular weight is 392 g/mol. The molecule has 1 amide bonds. The molecule has 0 bridgehead atoms. The summed E-state index contributed by atoms with van der Waals surface area (Å²) in [4.78, 5) is 35.1. The topological polar surface area (TPSA) is 101 Å². The standard InChI is InChI=1S/C15H15F3N2O5S/c1-9(26-11-4-2-10(3-5-11)20(24)25)12(21)19-7-6-14(8-19,13(22)23)15(16,17)18/h2-5,9H,6-8H2,1H3,(H,22,23). The summed E-state index contributed by atoms with van der Waals surface area (Å²) in [5, 5.41) is 18.9. The summed E-state index contributed by atoms with van der Waals surface area (Å²) in [5.74, 6) is -2.60. The predicted molar refractivity (Wildman–Crippen MR) is 85.7 cm³/mol. The third-order valence-electron chi connectivity index (χ3n) is 4.24. The Kier molecular flexibility index (Phi) is 5.49. The molecule has 0 aromatic heterocycles. The van der Waals surface area contributed by atoms with Crippen LogP contribution >= 0.6 is 11.8 Å². The van der Waals surface area contributed by atoms with Crippen LogP contribution in [0.25, 0.3) is 0 Å². The van der Waals surface area contributed by atoms with Crippen molar-refractivity contribution < 1.29 is 32.8 Å². The number of carboxylic acid groups (broad SMARTS) is 1. The first kappa shape index (κ1) is 20.0. The normalized spacial score (nSPS) is 21.5. The number of nitrogens with zero attached hydrogens (tertiary/aromatic N) is 2. The molecule has 142 valence electrons. The lowest BCUT2D eigenvalue weighted by atomic mass is 9.86. The van der Waals surface area contributed by atoms with Crippen LogP contribution in [-0.2, 0) is 9.59 Å². The molecule has 1 heterocycles. The van der Waals surface area contributed by atoms with Gasteiger partial charge < -0.3 is 10.0 Å². The summed E-state index contributed by atoms with van der Waals surface area (Å²) in [7, 11) is 0. The molecule has 0 aliphatic carbocycles. The minimum absolute atomic E-state index is 0.121. The van der Waals surface area contributed by atoms with E-state index >= 15 is 0 Å². The van der Waals surface area contributed by atoms with E-state index < -0.39 is 46.6 Å². The van der Waals surface area contributed by atoms with E-state index in [2.05, 4.69) is 0 Å². The number of non-ortho nitro benzene ring substituents is 1. The lowest BCUT2D eigenvalue weighted by Crippen LogP contribution is -2.48. The lowest BCUT2D eigenvalue weighted by molar-refractivity contribution is -0.384. The molecule has 1 aliphatic rings. The molecule has 1 aromatic rings. The van der Waals surface area contributed by atoms with Gasteiger partial charge in [0.1, 0.15) is 0 Å². The van der Waals surface area contributed by atoms with E-state index in [-0.39, 0.29) is 12.2 Å². The number of benzene rings is 1. The summed E-state index contributed by atoms with van der Waals surface area (Å²) >= 11 is 1.03. The zero-order valence-electron chi connectivity index (χ0n) is 13.5. The number of nitro benzene ring substituents is 1. The molecule has 0 spiro atoms. The highest BCUT2D eigenvalue weighted by atomic mass is 32.2. The predicted octanol–water partition coefficient (Wildman–Crippen LogP) is 2.94. The number of halogens is 3. The number of alkyl halides is 3. The third-order valence-corrected chi connectivity index (χ3v) is 5.34. The second-order valence-corrected chi connectivity index (χ2v) is 7.32. The van der Waals surface area contributed by atoms with Crippen molar-refractivity contribution >= 4 is 29.3 Å². The van der Waals surface area contributed by atoms with E-state index in [4.69, 9.17) is 5.11 Å². The van der Waals surface area contributed by atoms with E-state index in [0.717, 1.165) is 16.7 Å². The van der Waals surface area contributed by atoms with Crippen LogP contribution in [0.3, 0.4) is 0 Å². The van der Waals surface area contributed by atoms with E-state index in [1.54, 1.807) is 0 Å². The number of carbonyl (C=O) groups is 2. The number of hydrogen-bond donors (Lipinski definition) is 1. The van der Waals surface area contributed by atoms with Gasteiger partial charge in [-0.3, -0.25) is 19.7 Å². The molecule has 0 radical (unpaired) electrons. The molecule has 7 nitrogen and oxygen atoms in total. The van der Waals surface area contributed by atoms with Gasteiger partial charge in [0.2, 0.25) is 5.91 Å². The number of aliphatic carboxylic acids is 1. The van der Waals surface area contributed by atoms with Gasteiger partial charge in [0.05, 0.1) is 10.2 Å². The fraction of sp³-hybridized carbons (Fsp3) is 0.467. The zero-order valence-corrected chi connectivity index (χ0v) is 14.3. The zero-order chi connectivity index (χ0) is 19.7. The quantitative estimate of drug-likeness (QED) is 0.470. The Hall–Kier alpha value is -2.30. The molecule has 26 heavy (non-hydrogen) atoms. The number of amides is 1. The molecule has 1 N–H and O–H groups in total. The number of thioether (sulfide) groups is 1. The van der Waals surface area contributed by atoms with Gasteiger partial charge in [-0.2, -0.15) is 13.2 Å². The maximum atomic E-state index is 13.2. The van der Waals surface area contributed by atoms with Crippen LogP contribution in [-0.4, -0.2) is 51.3 Å². The van der Waals surface area contributed by atoms with Crippen LogP contribution in [0.4, 0.5) is 18.9 Å². The minimum Gasteiger partial charge on any atom is -0.481 e. The molecular formula is C15H15F3N2O5S. The molecule has 1 saturated heterocycles. The first-order chi connectivity index (χ1) is 12.0. The Morgan fingerprint density at radius 1 is 1.35 bits per heavy atom. The largest absolute Gasteiger partial charge is 0.481 e. The summed E-state index contributed by atoms with van der Waals surface area (Å²) in [6.07, 6.45) is -5.64. The molecule has 1 aliphatic heterocycles. The fourth-order valence-electron chi connectivity index (χ4n) is 2.68. The maximum Gasteiger partial charge on any atom is 0.406 e. The van der Waals surface area contributed by atoms with Crippen molar-refractivity contribution in [3.63, 3.8) is 0 Å². The van der Waals surface area contributed by atoms with Gasteiger partial charge in [-0.25, -0.2) is 0 Å². The highest BCUT2D eigenvalue weighted by Crippen LogP contribution is 2.46. The van der Waals surface area contributed by atoms with E-state index in [0.29, 0.717) is 4.90 Å². The van der Waals surface area contributed by atoms with Crippen LogP contribution in [0.15, 0.2) is 29.2 Å². The van der Waals surface area contributed by atoms with Crippen molar-refractivity contribution in [1.82, 2.24) is 4.90 Å². The smallest absolute Gasteiger partial charge is 0.406 e. The summed E-state index contributed by atoms with van der Waals surface area (Å²) in [6, 6.07) is 5.39. The van der Waals surface area contributed by atoms with Gasteiger partial charge >= 0.3 is 12.1 Å². The van der Waals surface area contributed by atoms with Crippen molar-refractivity contribution in [2.75, 3.05) is 13.1 Å². The van der Waals surface area contributed by atoms with Gasteiger partial charge in [-0.05, 0) is 25.5 Å². The molecule has 2 unspecified atom stereocenters. The molecule has 0 saturated carbocycles. The molecule has 1 fully saturated rings.